The number of hydrogen-bond acceptors (Lipinski definition) is 11. The van der Waals surface area contributed by atoms with Crippen molar-refractivity contribution in [3.63, 3.8) is 0 Å². The van der Waals surface area contributed by atoms with E-state index in [-0.39, 0.29) is 5.84 Å². The molecule has 0 saturated heterocycles. The van der Waals surface area contributed by atoms with Crippen LogP contribution in [0.3, 0.4) is 0 Å². The summed E-state index contributed by atoms with van der Waals surface area (Å²) in [5, 5.41) is 12.5. The number of para-hydroxylation sites is 1. The van der Waals surface area contributed by atoms with Gasteiger partial charge in [0, 0.05) is 27.7 Å². The van der Waals surface area contributed by atoms with E-state index in [1.807, 2.05) is 6.07 Å². The molecule has 37 heavy (non-hydrogen) atoms. The molecule has 12 nitrogen and oxygen atoms in total. The molecule has 2 aromatic carbocycles. The molecule has 196 valence electrons. The summed E-state index contributed by atoms with van der Waals surface area (Å²) >= 11 is 0. The fourth-order valence-electron chi connectivity index (χ4n) is 2.96. The van der Waals surface area contributed by atoms with Crippen LogP contribution in [0, 0.1) is 0 Å². The molecule has 0 aliphatic rings. The van der Waals surface area contributed by atoms with Crippen LogP contribution in [0.5, 0.6) is 0 Å². The summed E-state index contributed by atoms with van der Waals surface area (Å²) < 4.78 is 21.1. The molecule has 0 unspecified atom stereocenters. The molecule has 0 aliphatic carbocycles. The average molecular weight is 513 g/mol. The zero-order chi connectivity index (χ0) is 27.2. The van der Waals surface area contributed by atoms with E-state index in [1.54, 1.807) is 54.6 Å². The van der Waals surface area contributed by atoms with Gasteiger partial charge in [-0.15, -0.1) is 10.2 Å². The average Bonchev–Trinajstić information content (AvgIpc) is 2.85. The first-order chi connectivity index (χ1) is 17.7. The van der Waals surface area contributed by atoms with Crippen molar-refractivity contribution in [2.75, 3.05) is 12.0 Å². The predicted molar refractivity (Wildman–Crippen MR) is 132 cm³/mol. The highest BCUT2D eigenvalue weighted by molar-refractivity contribution is 5.90. The van der Waals surface area contributed by atoms with E-state index in [4.69, 9.17) is 18.9 Å². The Hall–Kier alpha value is -4.61. The SMILES string of the molecule is CC(=O)OC[C@H](OC(C)=O)[C@@H](OC(C)=O)[C@@H](OC(C)=O)/C(N=Nc1ccccc1)=N/Nc1ccccc1. The Morgan fingerprint density at radius 3 is 1.86 bits per heavy atom. The standard InChI is InChI=1S/C25H28N4O8/c1-16(30)34-15-22(35-17(2)31)23(36-18(3)32)24(37-19(4)33)25(28-26-20-11-7-5-8-12-20)29-27-21-13-9-6-10-14-21/h5-14,22-24,26H,15H2,1-4H3/b28-25-,29-27?/t22-,23+,24+/m0/s1. The molecule has 2 aromatic rings. The number of nitrogens with zero attached hydrogens (tertiary/aromatic N) is 3. The lowest BCUT2D eigenvalue weighted by Crippen LogP contribution is -2.50. The van der Waals surface area contributed by atoms with Crippen molar-refractivity contribution in [2.24, 2.45) is 15.3 Å². The van der Waals surface area contributed by atoms with Gasteiger partial charge < -0.3 is 18.9 Å². The van der Waals surface area contributed by atoms with E-state index < -0.39 is 48.8 Å². The summed E-state index contributed by atoms with van der Waals surface area (Å²) in [4.78, 5) is 47.4. The number of carbonyl (C=O) groups is 4. The molecule has 0 aromatic heterocycles. The molecular weight excluding hydrogens is 484 g/mol. The maximum atomic E-state index is 12.1. The molecule has 0 fully saturated rings. The van der Waals surface area contributed by atoms with Gasteiger partial charge in [-0.25, -0.2) is 0 Å². The first-order valence-electron chi connectivity index (χ1n) is 11.2. The van der Waals surface area contributed by atoms with E-state index in [1.165, 1.54) is 0 Å². The van der Waals surface area contributed by atoms with Crippen molar-refractivity contribution >= 4 is 41.1 Å². The van der Waals surface area contributed by atoms with Gasteiger partial charge in [0.25, 0.3) is 0 Å². The van der Waals surface area contributed by atoms with Crippen LogP contribution in [-0.2, 0) is 38.1 Å². The fraction of sp³-hybridized carbons (Fsp3) is 0.320. The van der Waals surface area contributed by atoms with Crippen LogP contribution in [0.25, 0.3) is 0 Å². The van der Waals surface area contributed by atoms with Gasteiger partial charge in [-0.2, -0.15) is 5.10 Å². The molecule has 0 heterocycles. The maximum Gasteiger partial charge on any atom is 0.303 e. The smallest absolute Gasteiger partial charge is 0.303 e. The number of carbonyl (C=O) groups excluding carboxylic acids is 4. The van der Waals surface area contributed by atoms with Gasteiger partial charge in [-0.1, -0.05) is 36.4 Å². The van der Waals surface area contributed by atoms with Gasteiger partial charge in [0.2, 0.25) is 11.9 Å². The number of azo groups is 1. The topological polar surface area (TPSA) is 154 Å². The minimum atomic E-state index is -1.52. The summed E-state index contributed by atoms with van der Waals surface area (Å²) in [6.07, 6.45) is -4.40. The van der Waals surface area contributed by atoms with Crippen LogP contribution in [0.15, 0.2) is 76.0 Å². The number of ether oxygens (including phenoxy) is 4. The Kier molecular flexibility index (Phi) is 11.4. The maximum absolute atomic E-state index is 12.1. The number of rotatable bonds is 11. The quantitative estimate of drug-likeness (QED) is 0.119. The van der Waals surface area contributed by atoms with Gasteiger partial charge in [0.15, 0.2) is 12.2 Å². The number of hydrogen-bond donors (Lipinski definition) is 1. The summed E-state index contributed by atoms with van der Waals surface area (Å²) in [5.41, 5.74) is 3.80. The Morgan fingerprint density at radius 2 is 1.32 bits per heavy atom. The third kappa shape index (κ3) is 10.7. The number of benzene rings is 2. The van der Waals surface area contributed by atoms with Crippen molar-refractivity contribution in [1.82, 2.24) is 0 Å². The third-order valence-electron chi connectivity index (χ3n) is 4.38. The molecule has 12 heteroatoms. The fourth-order valence-corrected chi connectivity index (χ4v) is 2.96. The number of nitrogens with one attached hydrogen (secondary N) is 1. The molecule has 0 saturated carbocycles. The van der Waals surface area contributed by atoms with E-state index in [9.17, 15) is 19.2 Å². The van der Waals surface area contributed by atoms with Crippen LogP contribution < -0.4 is 5.43 Å². The predicted octanol–water partition coefficient (Wildman–Crippen LogP) is 3.55. The van der Waals surface area contributed by atoms with E-state index in [2.05, 4.69) is 20.8 Å². The Morgan fingerprint density at radius 1 is 0.757 bits per heavy atom. The number of esters is 4. The van der Waals surface area contributed by atoms with Gasteiger partial charge in [-0.05, 0) is 24.3 Å². The van der Waals surface area contributed by atoms with Gasteiger partial charge >= 0.3 is 23.9 Å². The Balaban J connectivity index is 2.60. The highest BCUT2D eigenvalue weighted by atomic mass is 16.6. The zero-order valence-electron chi connectivity index (χ0n) is 20.8. The van der Waals surface area contributed by atoms with Crippen molar-refractivity contribution in [2.45, 2.75) is 46.0 Å². The van der Waals surface area contributed by atoms with Crippen molar-refractivity contribution < 1.29 is 38.1 Å². The molecular formula is C25H28N4O8. The van der Waals surface area contributed by atoms with E-state index in [0.717, 1.165) is 27.7 Å². The van der Waals surface area contributed by atoms with Crippen LogP contribution in [-0.4, -0.2) is 54.6 Å². The minimum absolute atomic E-state index is 0.228. The summed E-state index contributed by atoms with van der Waals surface area (Å²) in [6, 6.07) is 17.4. The van der Waals surface area contributed by atoms with Crippen LogP contribution >= 0.6 is 0 Å². The first-order valence-corrected chi connectivity index (χ1v) is 11.2. The van der Waals surface area contributed by atoms with Crippen LogP contribution in [0.2, 0.25) is 0 Å². The van der Waals surface area contributed by atoms with E-state index in [0.29, 0.717) is 11.4 Å². The Labute approximate surface area is 213 Å². The molecule has 0 spiro atoms. The molecule has 0 aliphatic heterocycles. The lowest BCUT2D eigenvalue weighted by Gasteiger charge is -2.30. The van der Waals surface area contributed by atoms with Crippen LogP contribution in [0.1, 0.15) is 27.7 Å². The molecule has 0 bridgehead atoms. The molecule has 2 rings (SSSR count). The number of amidine groups is 1. The largest absolute Gasteiger partial charge is 0.462 e. The highest BCUT2D eigenvalue weighted by Gasteiger charge is 2.41. The summed E-state index contributed by atoms with van der Waals surface area (Å²) in [5.74, 6) is -3.24. The number of hydrazone groups is 1. The summed E-state index contributed by atoms with van der Waals surface area (Å²) in [6.45, 7) is 4.01. The van der Waals surface area contributed by atoms with Gasteiger partial charge in [0.1, 0.15) is 6.61 Å². The molecule has 1 N–H and O–H groups in total. The lowest BCUT2D eigenvalue weighted by molar-refractivity contribution is -0.183. The second kappa shape index (κ2) is 14.7. The van der Waals surface area contributed by atoms with E-state index >= 15 is 0 Å². The molecule has 0 amide bonds. The Bertz CT molecular complexity index is 1120. The molecule has 3 atom stereocenters. The van der Waals surface area contributed by atoms with Gasteiger partial charge in [0.05, 0.1) is 11.4 Å². The first kappa shape index (κ1) is 28.6. The normalized spacial score (nSPS) is 13.7. The van der Waals surface area contributed by atoms with Crippen molar-refractivity contribution in [3.05, 3.63) is 60.7 Å². The zero-order valence-corrected chi connectivity index (χ0v) is 20.8. The summed E-state index contributed by atoms with van der Waals surface area (Å²) in [7, 11) is 0. The van der Waals surface area contributed by atoms with Gasteiger partial charge in [-0.3, -0.25) is 24.6 Å². The second-order valence-corrected chi connectivity index (χ2v) is 7.54. The lowest BCUT2D eigenvalue weighted by atomic mass is 10.1. The monoisotopic (exact) mass is 512 g/mol. The minimum Gasteiger partial charge on any atom is -0.462 e. The van der Waals surface area contributed by atoms with Crippen molar-refractivity contribution in [1.29, 1.82) is 0 Å². The molecule has 0 radical (unpaired) electrons. The van der Waals surface area contributed by atoms with Crippen LogP contribution in [0.4, 0.5) is 11.4 Å². The second-order valence-electron chi connectivity index (χ2n) is 7.54. The third-order valence-corrected chi connectivity index (χ3v) is 4.38. The van der Waals surface area contributed by atoms with Crippen molar-refractivity contribution in [3.8, 4) is 0 Å². The highest BCUT2D eigenvalue weighted by Crippen LogP contribution is 2.20. The number of anilines is 1.